The molecule has 0 saturated carbocycles. The summed E-state index contributed by atoms with van der Waals surface area (Å²) in [5.41, 5.74) is 2.56. The molecule has 1 aliphatic carbocycles. The second-order valence-electron chi connectivity index (χ2n) is 3.81. The van der Waals surface area contributed by atoms with Crippen molar-refractivity contribution in [3.63, 3.8) is 0 Å². The minimum Gasteiger partial charge on any atom is -0.373 e. The highest BCUT2D eigenvalue weighted by Crippen LogP contribution is 2.34. The molecule has 0 heterocycles. The van der Waals surface area contributed by atoms with Crippen LogP contribution >= 0.6 is 0 Å². The largest absolute Gasteiger partial charge is 0.373 e. The number of hydrogen-bond donors (Lipinski definition) is 0. The summed E-state index contributed by atoms with van der Waals surface area (Å²) in [6.45, 7) is 0. The zero-order valence-electron chi connectivity index (χ0n) is 8.60. The molecular weight excluding hydrogens is 184 g/mol. The van der Waals surface area contributed by atoms with Crippen LogP contribution in [0.3, 0.4) is 0 Å². The van der Waals surface area contributed by atoms with Gasteiger partial charge in [-0.2, -0.15) is 0 Å². The molecule has 2 aromatic rings. The van der Waals surface area contributed by atoms with Crippen molar-refractivity contribution < 1.29 is 4.74 Å². The van der Waals surface area contributed by atoms with Gasteiger partial charge in [0.05, 0.1) is 0 Å². The standard InChI is InChI=1S/C14H12O/c1-15-13-9-8-11-5-2-4-10-6-3-7-12(13)14(10)11/h2-9,13H,1H3. The molecule has 3 rings (SSSR count). The van der Waals surface area contributed by atoms with Gasteiger partial charge in [0, 0.05) is 7.11 Å². The highest BCUT2D eigenvalue weighted by Gasteiger charge is 2.15. The summed E-state index contributed by atoms with van der Waals surface area (Å²) >= 11 is 0. The van der Waals surface area contributed by atoms with E-state index in [0.29, 0.717) is 0 Å². The van der Waals surface area contributed by atoms with Gasteiger partial charge in [-0.25, -0.2) is 0 Å². The molecule has 74 valence electrons. The Bertz CT molecular complexity index is 535. The summed E-state index contributed by atoms with van der Waals surface area (Å²) in [6.07, 6.45) is 4.35. The van der Waals surface area contributed by atoms with Crippen LogP contribution in [0, 0.1) is 0 Å². The first-order chi connectivity index (χ1) is 7.40. The molecule has 1 nitrogen and oxygen atoms in total. The van der Waals surface area contributed by atoms with Gasteiger partial charge in [-0.3, -0.25) is 0 Å². The topological polar surface area (TPSA) is 9.23 Å². The quantitative estimate of drug-likeness (QED) is 0.677. The van der Waals surface area contributed by atoms with Crippen LogP contribution in [-0.2, 0) is 4.74 Å². The summed E-state index contributed by atoms with van der Waals surface area (Å²) in [6, 6.07) is 12.8. The maximum Gasteiger partial charge on any atom is 0.101 e. The van der Waals surface area contributed by atoms with Gasteiger partial charge < -0.3 is 4.74 Å². The van der Waals surface area contributed by atoms with Crippen LogP contribution in [0.1, 0.15) is 17.2 Å². The Morgan fingerprint density at radius 2 is 1.87 bits per heavy atom. The molecule has 0 aliphatic heterocycles. The van der Waals surface area contributed by atoms with E-state index in [9.17, 15) is 0 Å². The summed E-state index contributed by atoms with van der Waals surface area (Å²) < 4.78 is 5.45. The highest BCUT2D eigenvalue weighted by molar-refractivity contribution is 5.95. The first-order valence-corrected chi connectivity index (χ1v) is 5.13. The normalized spacial score (nSPS) is 18.3. The lowest BCUT2D eigenvalue weighted by atomic mass is 9.91. The monoisotopic (exact) mass is 196 g/mol. The maximum absolute atomic E-state index is 5.45. The molecule has 0 saturated heterocycles. The second kappa shape index (κ2) is 3.21. The minimum absolute atomic E-state index is 0.101. The zero-order chi connectivity index (χ0) is 10.3. The van der Waals surface area contributed by atoms with Gasteiger partial charge in [-0.05, 0) is 21.9 Å². The number of hydrogen-bond acceptors (Lipinski definition) is 1. The minimum atomic E-state index is 0.101. The summed E-state index contributed by atoms with van der Waals surface area (Å²) in [4.78, 5) is 0. The Morgan fingerprint density at radius 1 is 1.07 bits per heavy atom. The molecule has 0 aromatic heterocycles. The number of methoxy groups -OCH3 is 1. The molecule has 0 radical (unpaired) electrons. The lowest BCUT2D eigenvalue weighted by Crippen LogP contribution is -2.02. The van der Waals surface area contributed by atoms with Crippen LogP contribution in [0.4, 0.5) is 0 Å². The second-order valence-corrected chi connectivity index (χ2v) is 3.81. The lowest BCUT2D eigenvalue weighted by Gasteiger charge is -2.19. The first kappa shape index (κ1) is 8.69. The van der Waals surface area contributed by atoms with Gasteiger partial charge in [-0.1, -0.05) is 48.6 Å². The molecule has 1 heteroatoms. The van der Waals surface area contributed by atoms with Gasteiger partial charge in [0.25, 0.3) is 0 Å². The fourth-order valence-corrected chi connectivity index (χ4v) is 2.28. The average molecular weight is 196 g/mol. The van der Waals surface area contributed by atoms with E-state index in [1.807, 2.05) is 0 Å². The van der Waals surface area contributed by atoms with E-state index in [4.69, 9.17) is 4.74 Å². The smallest absolute Gasteiger partial charge is 0.101 e. The highest BCUT2D eigenvalue weighted by atomic mass is 16.5. The zero-order valence-corrected chi connectivity index (χ0v) is 8.60. The third-order valence-electron chi connectivity index (χ3n) is 2.98. The van der Waals surface area contributed by atoms with Gasteiger partial charge in [-0.15, -0.1) is 0 Å². The van der Waals surface area contributed by atoms with Crippen LogP contribution in [0.25, 0.3) is 16.8 Å². The first-order valence-electron chi connectivity index (χ1n) is 5.13. The van der Waals surface area contributed by atoms with Crippen LogP contribution in [0.5, 0.6) is 0 Å². The van der Waals surface area contributed by atoms with Crippen molar-refractivity contribution in [2.24, 2.45) is 0 Å². The predicted molar refractivity (Wildman–Crippen MR) is 62.7 cm³/mol. The van der Waals surface area contributed by atoms with Crippen molar-refractivity contribution in [1.29, 1.82) is 0 Å². The van der Waals surface area contributed by atoms with Gasteiger partial charge >= 0.3 is 0 Å². The number of benzene rings is 2. The lowest BCUT2D eigenvalue weighted by molar-refractivity contribution is 0.144. The van der Waals surface area contributed by atoms with E-state index >= 15 is 0 Å². The van der Waals surface area contributed by atoms with Crippen molar-refractivity contribution in [2.45, 2.75) is 6.10 Å². The maximum atomic E-state index is 5.45. The van der Waals surface area contributed by atoms with E-state index in [2.05, 4.69) is 48.6 Å². The van der Waals surface area contributed by atoms with E-state index in [1.54, 1.807) is 7.11 Å². The van der Waals surface area contributed by atoms with Crippen molar-refractivity contribution in [2.75, 3.05) is 7.11 Å². The molecule has 0 spiro atoms. The van der Waals surface area contributed by atoms with Crippen LogP contribution < -0.4 is 0 Å². The average Bonchev–Trinajstić information content (AvgIpc) is 2.30. The van der Waals surface area contributed by atoms with Crippen LogP contribution in [0.2, 0.25) is 0 Å². The number of ether oxygens (including phenoxy) is 1. The third-order valence-corrected chi connectivity index (χ3v) is 2.98. The molecule has 1 aliphatic rings. The molecule has 2 aromatic carbocycles. The fourth-order valence-electron chi connectivity index (χ4n) is 2.28. The molecule has 15 heavy (non-hydrogen) atoms. The van der Waals surface area contributed by atoms with Crippen molar-refractivity contribution in [3.8, 4) is 0 Å². The Labute approximate surface area is 89.0 Å². The molecule has 1 atom stereocenters. The molecule has 0 bridgehead atoms. The number of rotatable bonds is 1. The van der Waals surface area contributed by atoms with E-state index in [0.717, 1.165) is 0 Å². The molecule has 1 unspecified atom stereocenters. The Kier molecular flexibility index (Phi) is 1.86. The van der Waals surface area contributed by atoms with E-state index in [1.165, 1.54) is 21.9 Å². The van der Waals surface area contributed by atoms with Crippen LogP contribution in [0.15, 0.2) is 42.5 Å². The molecule has 0 fully saturated rings. The molecule has 0 amide bonds. The summed E-state index contributed by atoms with van der Waals surface area (Å²) in [5.74, 6) is 0. The third kappa shape index (κ3) is 1.20. The van der Waals surface area contributed by atoms with E-state index in [-0.39, 0.29) is 6.10 Å². The van der Waals surface area contributed by atoms with Gasteiger partial charge in [0.15, 0.2) is 0 Å². The molecule has 0 N–H and O–H groups in total. The van der Waals surface area contributed by atoms with Crippen LogP contribution in [-0.4, -0.2) is 7.11 Å². The summed E-state index contributed by atoms with van der Waals surface area (Å²) in [5, 5.41) is 2.62. The van der Waals surface area contributed by atoms with Gasteiger partial charge in [0.1, 0.15) is 6.10 Å². The Hall–Kier alpha value is -1.60. The van der Waals surface area contributed by atoms with Crippen molar-refractivity contribution >= 4 is 16.8 Å². The van der Waals surface area contributed by atoms with Gasteiger partial charge in [0.2, 0.25) is 0 Å². The Balaban J connectivity index is 2.41. The SMILES string of the molecule is COC1C=Cc2cccc3cccc1c23. The van der Waals surface area contributed by atoms with E-state index < -0.39 is 0 Å². The van der Waals surface area contributed by atoms with Crippen molar-refractivity contribution in [3.05, 3.63) is 53.6 Å². The van der Waals surface area contributed by atoms with Crippen molar-refractivity contribution in [1.82, 2.24) is 0 Å². The fraction of sp³-hybridized carbons (Fsp3) is 0.143. The molecular formula is C14H12O. The summed E-state index contributed by atoms with van der Waals surface area (Å²) in [7, 11) is 1.75. The predicted octanol–water partition coefficient (Wildman–Crippen LogP) is 3.55. The Morgan fingerprint density at radius 3 is 2.67 bits per heavy atom.